The third kappa shape index (κ3) is 2.20. The van der Waals surface area contributed by atoms with Crippen molar-refractivity contribution >= 4 is 6.29 Å². The van der Waals surface area contributed by atoms with E-state index in [2.05, 4.69) is 17.2 Å². The van der Waals surface area contributed by atoms with Crippen LogP contribution >= 0.6 is 0 Å². The van der Waals surface area contributed by atoms with Crippen LogP contribution in [0.3, 0.4) is 0 Å². The van der Waals surface area contributed by atoms with Crippen LogP contribution in [0.15, 0.2) is 0 Å². The van der Waals surface area contributed by atoms with Gasteiger partial charge >= 0.3 is 0 Å². The lowest BCUT2D eigenvalue weighted by atomic mass is 10.2. The van der Waals surface area contributed by atoms with Crippen molar-refractivity contribution in [2.75, 3.05) is 6.54 Å². The fourth-order valence-electron chi connectivity index (χ4n) is 1.15. The molecule has 0 spiro atoms. The van der Waals surface area contributed by atoms with E-state index in [1.165, 1.54) is 12.8 Å². The molecular formula is C8H11NO. The average Bonchev–Trinajstić information content (AvgIpc) is 2.41. The number of aldehydes is 1. The maximum atomic E-state index is 9.78. The second-order valence-electron chi connectivity index (χ2n) is 2.44. The van der Waals surface area contributed by atoms with Gasteiger partial charge in [0.15, 0.2) is 6.29 Å². The number of carbonyl (C=O) groups excluding carboxylic acids is 1. The minimum atomic E-state index is 0.535. The molecule has 2 heteroatoms. The average molecular weight is 137 g/mol. The molecule has 1 saturated heterocycles. The molecule has 1 aliphatic heterocycles. The molecule has 0 aliphatic carbocycles. The summed E-state index contributed by atoms with van der Waals surface area (Å²) in [6, 6.07) is 0.535. The van der Waals surface area contributed by atoms with E-state index in [1.807, 2.05) is 0 Å². The van der Waals surface area contributed by atoms with Gasteiger partial charge in [-0.1, -0.05) is 5.92 Å². The Morgan fingerprint density at radius 2 is 2.60 bits per heavy atom. The van der Waals surface area contributed by atoms with Gasteiger partial charge < -0.3 is 5.32 Å². The van der Waals surface area contributed by atoms with E-state index in [4.69, 9.17) is 0 Å². The summed E-state index contributed by atoms with van der Waals surface area (Å²) in [6.45, 7) is 1.10. The van der Waals surface area contributed by atoms with Gasteiger partial charge in [0, 0.05) is 12.5 Å². The molecule has 1 fully saturated rings. The maximum Gasteiger partial charge on any atom is 0.192 e. The first-order valence-electron chi connectivity index (χ1n) is 3.59. The summed E-state index contributed by atoms with van der Waals surface area (Å²) < 4.78 is 0. The van der Waals surface area contributed by atoms with E-state index in [9.17, 15) is 4.79 Å². The smallest absolute Gasteiger partial charge is 0.192 e. The van der Waals surface area contributed by atoms with Crippen molar-refractivity contribution in [3.8, 4) is 11.8 Å². The summed E-state index contributed by atoms with van der Waals surface area (Å²) in [7, 11) is 0. The molecule has 0 saturated carbocycles. The second kappa shape index (κ2) is 4.08. The van der Waals surface area contributed by atoms with Crippen molar-refractivity contribution in [3.63, 3.8) is 0 Å². The fourth-order valence-corrected chi connectivity index (χ4v) is 1.15. The lowest BCUT2D eigenvalue weighted by Crippen LogP contribution is -2.20. The standard InChI is InChI=1S/C8H11NO/c10-7-2-1-4-8-5-3-6-9-8/h7-9H,3-6H2. The fraction of sp³-hybridized carbons (Fsp3) is 0.625. The number of rotatable bonds is 1. The molecular weight excluding hydrogens is 126 g/mol. The van der Waals surface area contributed by atoms with Crippen molar-refractivity contribution in [3.05, 3.63) is 0 Å². The van der Waals surface area contributed by atoms with Crippen molar-refractivity contribution < 1.29 is 4.79 Å². The Kier molecular flexibility index (Phi) is 2.98. The van der Waals surface area contributed by atoms with Crippen LogP contribution in [0.2, 0.25) is 0 Å². The van der Waals surface area contributed by atoms with Crippen LogP contribution in [0.1, 0.15) is 19.3 Å². The minimum Gasteiger partial charge on any atom is -0.313 e. The monoisotopic (exact) mass is 137 g/mol. The molecule has 0 amide bonds. The summed E-state index contributed by atoms with van der Waals surface area (Å²) in [5, 5.41) is 3.30. The van der Waals surface area contributed by atoms with Gasteiger partial charge in [-0.05, 0) is 25.3 Å². The maximum absolute atomic E-state index is 9.78. The first-order chi connectivity index (χ1) is 4.93. The molecule has 0 aromatic rings. The van der Waals surface area contributed by atoms with Gasteiger partial charge in [-0.15, -0.1) is 0 Å². The SMILES string of the molecule is O=CC#CCC1CCCN1. The Hall–Kier alpha value is -0.810. The number of hydrogen-bond donors (Lipinski definition) is 1. The first kappa shape index (κ1) is 7.30. The van der Waals surface area contributed by atoms with Gasteiger partial charge in [-0.3, -0.25) is 4.79 Å². The Labute approximate surface area is 61.0 Å². The quantitative estimate of drug-likeness (QED) is 0.417. The molecule has 1 aliphatic rings. The topological polar surface area (TPSA) is 29.1 Å². The zero-order valence-electron chi connectivity index (χ0n) is 5.89. The molecule has 1 heterocycles. The van der Waals surface area contributed by atoms with Gasteiger partial charge in [-0.25, -0.2) is 0 Å². The summed E-state index contributed by atoms with van der Waals surface area (Å²) in [5.41, 5.74) is 0. The van der Waals surface area contributed by atoms with Crippen molar-refractivity contribution in [2.45, 2.75) is 25.3 Å². The lowest BCUT2D eigenvalue weighted by Gasteiger charge is -2.02. The molecule has 0 aromatic heterocycles. The highest BCUT2D eigenvalue weighted by Gasteiger charge is 2.11. The van der Waals surface area contributed by atoms with Crippen LogP contribution in [-0.2, 0) is 4.79 Å². The Morgan fingerprint density at radius 3 is 3.20 bits per heavy atom. The van der Waals surface area contributed by atoms with Gasteiger partial charge in [0.1, 0.15) is 0 Å². The van der Waals surface area contributed by atoms with E-state index in [1.54, 1.807) is 0 Å². The Bertz CT molecular complexity index is 160. The molecule has 54 valence electrons. The van der Waals surface area contributed by atoms with Crippen LogP contribution < -0.4 is 5.32 Å². The summed E-state index contributed by atoms with van der Waals surface area (Å²) in [6.07, 6.45) is 3.91. The molecule has 0 aromatic carbocycles. The Morgan fingerprint density at radius 1 is 1.70 bits per heavy atom. The third-order valence-corrected chi connectivity index (χ3v) is 1.67. The predicted octanol–water partition coefficient (Wildman–Crippen LogP) is 0.331. The van der Waals surface area contributed by atoms with E-state index >= 15 is 0 Å². The Balaban J connectivity index is 2.18. The second-order valence-corrected chi connectivity index (χ2v) is 2.44. The molecule has 1 rings (SSSR count). The predicted molar refractivity (Wildman–Crippen MR) is 39.5 cm³/mol. The molecule has 1 unspecified atom stereocenters. The molecule has 10 heavy (non-hydrogen) atoms. The summed E-state index contributed by atoms with van der Waals surface area (Å²) >= 11 is 0. The highest BCUT2D eigenvalue weighted by molar-refractivity contribution is 5.72. The highest BCUT2D eigenvalue weighted by atomic mass is 16.1. The molecule has 0 radical (unpaired) electrons. The lowest BCUT2D eigenvalue weighted by molar-refractivity contribution is -0.103. The number of nitrogens with one attached hydrogen (secondary N) is 1. The summed E-state index contributed by atoms with van der Waals surface area (Å²) in [5.74, 6) is 5.20. The molecule has 0 bridgehead atoms. The molecule has 1 atom stereocenters. The number of hydrogen-bond acceptors (Lipinski definition) is 2. The zero-order chi connectivity index (χ0) is 7.23. The van der Waals surface area contributed by atoms with Crippen LogP contribution in [0.25, 0.3) is 0 Å². The van der Waals surface area contributed by atoms with E-state index < -0.39 is 0 Å². The molecule has 2 nitrogen and oxygen atoms in total. The normalized spacial score (nSPS) is 23.4. The van der Waals surface area contributed by atoms with Gasteiger partial charge in [0.25, 0.3) is 0 Å². The van der Waals surface area contributed by atoms with Gasteiger partial charge in [0.2, 0.25) is 0 Å². The van der Waals surface area contributed by atoms with E-state index in [0.29, 0.717) is 12.3 Å². The van der Waals surface area contributed by atoms with E-state index in [-0.39, 0.29) is 0 Å². The van der Waals surface area contributed by atoms with Gasteiger partial charge in [-0.2, -0.15) is 0 Å². The largest absolute Gasteiger partial charge is 0.313 e. The first-order valence-corrected chi connectivity index (χ1v) is 3.59. The van der Waals surface area contributed by atoms with E-state index in [0.717, 1.165) is 13.0 Å². The van der Waals surface area contributed by atoms with Gasteiger partial charge in [0.05, 0.1) is 0 Å². The van der Waals surface area contributed by atoms with Crippen molar-refractivity contribution in [2.24, 2.45) is 0 Å². The third-order valence-electron chi connectivity index (χ3n) is 1.67. The van der Waals surface area contributed by atoms with Crippen LogP contribution in [0.5, 0.6) is 0 Å². The van der Waals surface area contributed by atoms with Crippen molar-refractivity contribution in [1.82, 2.24) is 5.32 Å². The van der Waals surface area contributed by atoms with Crippen LogP contribution in [0, 0.1) is 11.8 Å². The highest BCUT2D eigenvalue weighted by Crippen LogP contribution is 2.06. The minimum absolute atomic E-state index is 0.535. The number of carbonyl (C=O) groups is 1. The van der Waals surface area contributed by atoms with Crippen LogP contribution in [-0.4, -0.2) is 18.9 Å². The summed E-state index contributed by atoms with van der Waals surface area (Å²) in [4.78, 5) is 9.78. The van der Waals surface area contributed by atoms with Crippen LogP contribution in [0.4, 0.5) is 0 Å². The molecule has 1 N–H and O–H groups in total. The van der Waals surface area contributed by atoms with Crippen molar-refractivity contribution in [1.29, 1.82) is 0 Å². The zero-order valence-corrected chi connectivity index (χ0v) is 5.89.